The maximum absolute atomic E-state index is 9.40. The lowest BCUT2D eigenvalue weighted by molar-refractivity contribution is 0.449. The zero-order valence-corrected chi connectivity index (χ0v) is 10.8. The highest BCUT2D eigenvalue weighted by Gasteiger charge is 2.38. The monoisotopic (exact) mass is 213 g/mol. The number of nitrogens with zero attached hydrogens (tertiary/aromatic N) is 1. The van der Waals surface area contributed by atoms with Gasteiger partial charge in [0.1, 0.15) is 0 Å². The van der Waals surface area contributed by atoms with Crippen molar-refractivity contribution in [2.24, 2.45) is 0 Å². The van der Waals surface area contributed by atoms with Crippen LogP contribution in [0.4, 0.5) is 0 Å². The average Bonchev–Trinajstić information content (AvgIpc) is 2.13. The molecule has 0 saturated heterocycles. The number of hydrogen-bond acceptors (Lipinski definition) is 1. The van der Waals surface area contributed by atoms with Gasteiger partial charge >= 0.3 is 0 Å². The van der Waals surface area contributed by atoms with Crippen LogP contribution in [-0.2, 0) is 17.3 Å². The molecule has 84 valence electrons. The molecule has 0 aliphatic heterocycles. The zero-order valence-electron chi connectivity index (χ0n) is 10.8. The van der Waals surface area contributed by atoms with Gasteiger partial charge in [-0.15, -0.1) is 0 Å². The summed E-state index contributed by atoms with van der Waals surface area (Å²) in [5, 5.41) is 9.40. The fraction of sp³-hybridized carbons (Fsp3) is 0.533. The lowest BCUT2D eigenvalue weighted by Crippen LogP contribution is -2.35. The van der Waals surface area contributed by atoms with Crippen LogP contribution < -0.4 is 0 Å². The Bertz CT molecular complexity index is 481. The van der Waals surface area contributed by atoms with E-state index in [1.54, 1.807) is 0 Å². The highest BCUT2D eigenvalue weighted by Crippen LogP contribution is 2.45. The number of fused-ring (bicyclic) bond motifs is 1. The molecule has 0 N–H and O–H groups in total. The quantitative estimate of drug-likeness (QED) is 0.644. The second-order valence-corrected chi connectivity index (χ2v) is 6.44. The predicted molar refractivity (Wildman–Crippen MR) is 66.6 cm³/mol. The molecule has 0 saturated carbocycles. The molecule has 16 heavy (non-hydrogen) atoms. The first kappa shape index (κ1) is 11.2. The van der Waals surface area contributed by atoms with Crippen LogP contribution in [0, 0.1) is 11.3 Å². The Morgan fingerprint density at radius 2 is 1.88 bits per heavy atom. The molecule has 1 aliphatic carbocycles. The van der Waals surface area contributed by atoms with E-state index < -0.39 is 0 Å². The third-order valence-electron chi connectivity index (χ3n) is 3.52. The molecule has 0 amide bonds. The average molecular weight is 213 g/mol. The van der Waals surface area contributed by atoms with Gasteiger partial charge in [0.05, 0.1) is 11.6 Å². The van der Waals surface area contributed by atoms with Crippen LogP contribution in [-0.4, -0.2) is 0 Å². The molecule has 1 nitrogen and oxygen atoms in total. The molecule has 0 unspecified atom stereocenters. The Kier molecular flexibility index (Phi) is 2.17. The van der Waals surface area contributed by atoms with Gasteiger partial charge in [0.25, 0.3) is 0 Å². The normalized spacial score (nSPS) is 17.2. The van der Waals surface area contributed by atoms with Gasteiger partial charge in [0.2, 0.25) is 0 Å². The van der Waals surface area contributed by atoms with Crippen molar-refractivity contribution in [2.45, 2.75) is 51.9 Å². The Labute approximate surface area is 98.1 Å². The van der Waals surface area contributed by atoms with Gasteiger partial charge in [0, 0.05) is 0 Å². The van der Waals surface area contributed by atoms with E-state index in [1.165, 1.54) is 16.7 Å². The topological polar surface area (TPSA) is 23.8 Å². The summed E-state index contributed by atoms with van der Waals surface area (Å²) < 4.78 is 0. The van der Waals surface area contributed by atoms with Crippen LogP contribution >= 0.6 is 0 Å². The summed E-state index contributed by atoms with van der Waals surface area (Å²) in [5.74, 6) is 0. The molecule has 0 atom stereocenters. The summed E-state index contributed by atoms with van der Waals surface area (Å²) in [7, 11) is 0. The smallest absolute Gasteiger partial charge is 0.0997 e. The molecule has 0 fully saturated rings. The third-order valence-corrected chi connectivity index (χ3v) is 3.52. The molecule has 1 heteroatoms. The number of benzene rings is 1. The van der Waals surface area contributed by atoms with E-state index in [9.17, 15) is 5.26 Å². The third kappa shape index (κ3) is 1.45. The van der Waals surface area contributed by atoms with Crippen molar-refractivity contribution in [3.8, 4) is 6.07 Å². The first-order valence-corrected chi connectivity index (χ1v) is 5.84. The maximum Gasteiger partial charge on any atom is 0.0997 e. The van der Waals surface area contributed by atoms with Crippen LogP contribution in [0.1, 0.15) is 56.9 Å². The Morgan fingerprint density at radius 1 is 1.25 bits per heavy atom. The Morgan fingerprint density at radius 3 is 2.31 bits per heavy atom. The molecule has 0 heterocycles. The number of rotatable bonds is 0. The van der Waals surface area contributed by atoms with E-state index >= 15 is 0 Å². The first-order chi connectivity index (χ1) is 7.27. The molecule has 1 aliphatic rings. The van der Waals surface area contributed by atoms with Crippen molar-refractivity contribution in [3.05, 3.63) is 34.4 Å². The lowest BCUT2D eigenvalue weighted by atomic mass is 9.63. The Hall–Kier alpha value is -1.29. The van der Waals surface area contributed by atoms with Crippen LogP contribution in [0.25, 0.3) is 0 Å². The molecular formula is C15H19N. The van der Waals surface area contributed by atoms with Gasteiger partial charge in [-0.1, -0.05) is 46.8 Å². The molecule has 0 spiro atoms. The maximum atomic E-state index is 9.40. The molecular weight excluding hydrogens is 194 g/mol. The summed E-state index contributed by atoms with van der Waals surface area (Å²) in [6, 6.07) is 6.75. The first-order valence-electron chi connectivity index (χ1n) is 5.84. The van der Waals surface area contributed by atoms with Crippen molar-refractivity contribution in [2.75, 3.05) is 0 Å². The fourth-order valence-corrected chi connectivity index (χ4v) is 2.77. The second kappa shape index (κ2) is 3.10. The van der Waals surface area contributed by atoms with E-state index in [0.29, 0.717) is 0 Å². The van der Waals surface area contributed by atoms with Crippen molar-refractivity contribution in [1.29, 1.82) is 5.26 Å². The van der Waals surface area contributed by atoms with E-state index in [-0.39, 0.29) is 10.8 Å². The second-order valence-electron chi connectivity index (χ2n) is 6.44. The predicted octanol–water partition coefficient (Wildman–Crippen LogP) is 3.69. The van der Waals surface area contributed by atoms with Crippen molar-refractivity contribution < 1.29 is 0 Å². The highest BCUT2D eigenvalue weighted by molar-refractivity contribution is 5.58. The number of hydrogen-bond donors (Lipinski definition) is 0. The summed E-state index contributed by atoms with van der Waals surface area (Å²) in [5.41, 5.74) is 4.97. The van der Waals surface area contributed by atoms with E-state index in [4.69, 9.17) is 0 Å². The zero-order chi connectivity index (χ0) is 12.1. The summed E-state index contributed by atoms with van der Waals surface area (Å²) in [6.07, 6.45) is 1.10. The minimum absolute atomic E-state index is 0.0474. The van der Waals surface area contributed by atoms with Crippen LogP contribution in [0.2, 0.25) is 0 Å². The molecule has 2 rings (SSSR count). The fourth-order valence-electron chi connectivity index (χ4n) is 2.77. The van der Waals surface area contributed by atoms with Crippen LogP contribution in [0.5, 0.6) is 0 Å². The minimum Gasteiger partial charge on any atom is -0.192 e. The van der Waals surface area contributed by atoms with Gasteiger partial charge < -0.3 is 0 Å². The summed E-state index contributed by atoms with van der Waals surface area (Å²) in [6.45, 7) is 11.0. The summed E-state index contributed by atoms with van der Waals surface area (Å²) >= 11 is 0. The molecule has 0 aromatic heterocycles. The lowest BCUT2D eigenvalue weighted by Gasteiger charge is -2.40. The van der Waals surface area contributed by atoms with Gasteiger partial charge in [-0.2, -0.15) is 5.26 Å². The van der Waals surface area contributed by atoms with Gasteiger partial charge in [-0.3, -0.25) is 0 Å². The van der Waals surface area contributed by atoms with Crippen LogP contribution in [0.15, 0.2) is 12.1 Å². The minimum atomic E-state index is 0.0474. The SMILES string of the molecule is CC(C)(C)c1ccc2c(c1C#N)C(C)(C)C2. The van der Waals surface area contributed by atoms with E-state index in [1.807, 2.05) is 0 Å². The molecule has 1 aromatic rings. The molecule has 0 bridgehead atoms. The summed E-state index contributed by atoms with van der Waals surface area (Å²) in [4.78, 5) is 0. The van der Waals surface area contributed by atoms with E-state index in [2.05, 4.69) is 52.8 Å². The van der Waals surface area contributed by atoms with Crippen molar-refractivity contribution in [3.63, 3.8) is 0 Å². The van der Waals surface area contributed by atoms with Crippen molar-refractivity contribution >= 4 is 0 Å². The molecule has 1 aromatic carbocycles. The highest BCUT2D eigenvalue weighted by atomic mass is 14.4. The largest absolute Gasteiger partial charge is 0.192 e. The Balaban J connectivity index is 2.70. The van der Waals surface area contributed by atoms with Gasteiger partial charge in [-0.05, 0) is 33.9 Å². The standard InChI is InChI=1S/C15H19N/c1-14(2,3)12-7-6-10-8-15(4,5)13(10)11(12)9-16/h6-7H,8H2,1-5H3. The number of nitriles is 1. The van der Waals surface area contributed by atoms with Crippen molar-refractivity contribution in [1.82, 2.24) is 0 Å². The van der Waals surface area contributed by atoms with Gasteiger partial charge in [0.15, 0.2) is 0 Å². The van der Waals surface area contributed by atoms with Crippen LogP contribution in [0.3, 0.4) is 0 Å². The molecule has 0 radical (unpaired) electrons. The van der Waals surface area contributed by atoms with E-state index in [0.717, 1.165) is 12.0 Å². The van der Waals surface area contributed by atoms with Gasteiger partial charge in [-0.25, -0.2) is 0 Å².